The van der Waals surface area contributed by atoms with E-state index in [4.69, 9.17) is 0 Å². The number of benzene rings is 1. The highest BCUT2D eigenvalue weighted by molar-refractivity contribution is 5.82. The summed E-state index contributed by atoms with van der Waals surface area (Å²) >= 11 is 0. The molecule has 29 heavy (non-hydrogen) atoms. The molecule has 3 heterocycles. The summed E-state index contributed by atoms with van der Waals surface area (Å²) in [6, 6.07) is 9.56. The van der Waals surface area contributed by atoms with Crippen molar-refractivity contribution in [1.29, 1.82) is 0 Å². The number of piperidine rings is 1. The third-order valence-electron chi connectivity index (χ3n) is 5.68. The van der Waals surface area contributed by atoms with Crippen LogP contribution in [0.2, 0.25) is 0 Å². The minimum atomic E-state index is -0.288. The van der Waals surface area contributed by atoms with Crippen molar-refractivity contribution in [3.63, 3.8) is 0 Å². The summed E-state index contributed by atoms with van der Waals surface area (Å²) in [6.45, 7) is 7.73. The number of hydrogen-bond donors (Lipinski definition) is 0. The van der Waals surface area contributed by atoms with Gasteiger partial charge in [0.25, 0.3) is 5.56 Å². The predicted octanol–water partition coefficient (Wildman–Crippen LogP) is 2.96. The van der Waals surface area contributed by atoms with Crippen LogP contribution in [0.5, 0.6) is 0 Å². The Hall–Kier alpha value is -2.96. The Morgan fingerprint density at radius 1 is 1.17 bits per heavy atom. The Bertz CT molecular complexity index is 1080. The molecule has 0 spiro atoms. The maximum Gasteiger partial charge on any atom is 0.293 e. The average molecular weight is 393 g/mol. The Labute approximate surface area is 169 Å². The molecular formula is C22H27N5O2. The van der Waals surface area contributed by atoms with E-state index in [-0.39, 0.29) is 23.9 Å². The summed E-state index contributed by atoms with van der Waals surface area (Å²) in [5, 5.41) is 9.76. The average Bonchev–Trinajstić information content (AvgIpc) is 3.16. The molecule has 1 amide bonds. The van der Waals surface area contributed by atoms with Crippen molar-refractivity contribution in [3.05, 3.63) is 52.6 Å². The molecule has 1 fully saturated rings. The minimum absolute atomic E-state index is 0.0388. The Morgan fingerprint density at radius 2 is 1.86 bits per heavy atom. The fourth-order valence-corrected chi connectivity index (χ4v) is 3.88. The van der Waals surface area contributed by atoms with Gasteiger partial charge in [-0.2, -0.15) is 10.2 Å². The highest BCUT2D eigenvalue weighted by Crippen LogP contribution is 2.23. The molecule has 0 bridgehead atoms. The van der Waals surface area contributed by atoms with Crippen molar-refractivity contribution < 1.29 is 4.79 Å². The van der Waals surface area contributed by atoms with E-state index in [2.05, 4.69) is 17.1 Å². The lowest BCUT2D eigenvalue weighted by molar-refractivity contribution is -0.133. The number of para-hydroxylation sites is 1. The van der Waals surface area contributed by atoms with Gasteiger partial charge < -0.3 is 4.90 Å². The molecule has 4 rings (SSSR count). The van der Waals surface area contributed by atoms with E-state index in [1.54, 1.807) is 10.9 Å². The number of nitrogens with zero attached hydrogens (tertiary/aromatic N) is 5. The van der Waals surface area contributed by atoms with Gasteiger partial charge in [-0.1, -0.05) is 39.0 Å². The van der Waals surface area contributed by atoms with E-state index < -0.39 is 0 Å². The van der Waals surface area contributed by atoms with E-state index in [1.807, 2.05) is 49.1 Å². The van der Waals surface area contributed by atoms with Crippen molar-refractivity contribution >= 4 is 16.8 Å². The summed E-state index contributed by atoms with van der Waals surface area (Å²) in [5.41, 5.74) is 1.77. The van der Waals surface area contributed by atoms with Crippen molar-refractivity contribution in [1.82, 2.24) is 24.5 Å². The number of fused-ring (bicyclic) bond motifs is 1. The summed E-state index contributed by atoms with van der Waals surface area (Å²) in [5.74, 6) is 0.694. The second kappa shape index (κ2) is 7.81. The number of carbonyl (C=O) groups excluding carboxylic acids is 1. The molecule has 1 aromatic carbocycles. The SMILES string of the molecule is CC1CCN(C(=O)Cn2nc(C(C)C)c3cnn(-c4ccccc4)c3c2=O)CC1. The molecule has 0 saturated carbocycles. The summed E-state index contributed by atoms with van der Waals surface area (Å²) < 4.78 is 2.97. The molecule has 1 saturated heterocycles. The van der Waals surface area contributed by atoms with E-state index in [9.17, 15) is 9.59 Å². The first-order valence-corrected chi connectivity index (χ1v) is 10.3. The maximum atomic E-state index is 13.3. The van der Waals surface area contributed by atoms with E-state index in [1.165, 1.54) is 4.68 Å². The Balaban J connectivity index is 1.77. The van der Waals surface area contributed by atoms with Crippen LogP contribution in [0.25, 0.3) is 16.6 Å². The molecule has 0 aliphatic carbocycles. The molecule has 1 aliphatic rings. The molecule has 7 nitrogen and oxygen atoms in total. The number of likely N-dealkylation sites (tertiary alicyclic amines) is 1. The van der Waals surface area contributed by atoms with E-state index in [0.717, 1.165) is 42.7 Å². The fourth-order valence-electron chi connectivity index (χ4n) is 3.88. The largest absolute Gasteiger partial charge is 0.341 e. The Kier molecular flexibility index (Phi) is 5.22. The van der Waals surface area contributed by atoms with Gasteiger partial charge in [-0.3, -0.25) is 9.59 Å². The van der Waals surface area contributed by atoms with Gasteiger partial charge in [-0.15, -0.1) is 0 Å². The van der Waals surface area contributed by atoms with Crippen molar-refractivity contribution in [2.24, 2.45) is 5.92 Å². The third-order valence-corrected chi connectivity index (χ3v) is 5.68. The lowest BCUT2D eigenvalue weighted by Crippen LogP contribution is -2.42. The highest BCUT2D eigenvalue weighted by Gasteiger charge is 2.23. The summed E-state index contributed by atoms with van der Waals surface area (Å²) in [4.78, 5) is 28.0. The zero-order valence-electron chi connectivity index (χ0n) is 17.2. The predicted molar refractivity (Wildman–Crippen MR) is 112 cm³/mol. The van der Waals surface area contributed by atoms with Gasteiger partial charge in [-0.05, 0) is 36.8 Å². The molecular weight excluding hydrogens is 366 g/mol. The third kappa shape index (κ3) is 3.69. The smallest absolute Gasteiger partial charge is 0.293 e. The normalized spacial score (nSPS) is 15.4. The first-order chi connectivity index (χ1) is 14.0. The molecule has 7 heteroatoms. The number of carbonyl (C=O) groups is 1. The van der Waals surface area contributed by atoms with E-state index >= 15 is 0 Å². The summed E-state index contributed by atoms with van der Waals surface area (Å²) in [7, 11) is 0. The van der Waals surface area contributed by atoms with Crippen molar-refractivity contribution in [2.75, 3.05) is 13.1 Å². The number of rotatable bonds is 4. The minimum Gasteiger partial charge on any atom is -0.341 e. The van der Waals surface area contributed by atoms with Gasteiger partial charge in [0.1, 0.15) is 12.1 Å². The first kappa shape index (κ1) is 19.4. The van der Waals surface area contributed by atoms with Gasteiger partial charge in [-0.25, -0.2) is 9.36 Å². The molecule has 0 unspecified atom stereocenters. The number of aromatic nitrogens is 4. The van der Waals surface area contributed by atoms with Crippen LogP contribution in [0.3, 0.4) is 0 Å². The monoisotopic (exact) mass is 393 g/mol. The van der Waals surface area contributed by atoms with Gasteiger partial charge >= 0.3 is 0 Å². The molecule has 2 aromatic heterocycles. The van der Waals surface area contributed by atoms with Crippen LogP contribution in [0.4, 0.5) is 0 Å². The van der Waals surface area contributed by atoms with E-state index in [0.29, 0.717) is 11.4 Å². The van der Waals surface area contributed by atoms with Crippen LogP contribution in [-0.2, 0) is 11.3 Å². The van der Waals surface area contributed by atoms with Crippen molar-refractivity contribution in [3.8, 4) is 5.69 Å². The quantitative estimate of drug-likeness (QED) is 0.683. The first-order valence-electron chi connectivity index (χ1n) is 10.3. The molecule has 0 atom stereocenters. The van der Waals surface area contributed by atoms with Gasteiger partial charge in [0, 0.05) is 18.5 Å². The highest BCUT2D eigenvalue weighted by atomic mass is 16.2. The fraction of sp³-hybridized carbons (Fsp3) is 0.455. The van der Waals surface area contributed by atoms with Crippen LogP contribution < -0.4 is 5.56 Å². The lowest BCUT2D eigenvalue weighted by atomic mass is 9.99. The standard InChI is InChI=1S/C22H27N5O2/c1-15(2)20-18-13-23-27(17-7-5-4-6-8-17)21(18)22(29)26(24-20)14-19(28)25-11-9-16(3)10-12-25/h4-8,13,15-16H,9-12,14H2,1-3H3. The molecule has 0 N–H and O–H groups in total. The second-order valence-electron chi connectivity index (χ2n) is 8.22. The van der Waals surface area contributed by atoms with Crippen LogP contribution in [0.15, 0.2) is 41.3 Å². The lowest BCUT2D eigenvalue weighted by Gasteiger charge is -2.30. The second-order valence-corrected chi connectivity index (χ2v) is 8.22. The molecule has 0 radical (unpaired) electrons. The van der Waals surface area contributed by atoms with Gasteiger partial charge in [0.2, 0.25) is 5.91 Å². The topological polar surface area (TPSA) is 73.0 Å². The number of amides is 1. The van der Waals surface area contributed by atoms with Crippen LogP contribution in [0, 0.1) is 5.92 Å². The zero-order chi connectivity index (χ0) is 20.5. The Morgan fingerprint density at radius 3 is 2.52 bits per heavy atom. The molecule has 1 aliphatic heterocycles. The van der Waals surface area contributed by atoms with Crippen LogP contribution in [-0.4, -0.2) is 43.5 Å². The van der Waals surface area contributed by atoms with Crippen LogP contribution >= 0.6 is 0 Å². The van der Waals surface area contributed by atoms with Crippen molar-refractivity contribution in [2.45, 2.75) is 46.1 Å². The van der Waals surface area contributed by atoms with Crippen LogP contribution in [0.1, 0.15) is 45.2 Å². The van der Waals surface area contributed by atoms with Gasteiger partial charge in [0.15, 0.2) is 0 Å². The summed E-state index contributed by atoms with van der Waals surface area (Å²) in [6.07, 6.45) is 3.71. The molecule has 152 valence electrons. The zero-order valence-corrected chi connectivity index (χ0v) is 17.2. The molecule has 3 aromatic rings. The van der Waals surface area contributed by atoms with Gasteiger partial charge in [0.05, 0.1) is 17.6 Å². The number of hydrogen-bond acceptors (Lipinski definition) is 4. The maximum absolute atomic E-state index is 13.3.